The maximum Gasteiger partial charge on any atom is 0.282 e. The molecule has 25 heavy (non-hydrogen) atoms. The van der Waals surface area contributed by atoms with Gasteiger partial charge >= 0.3 is 0 Å². The molecule has 1 heterocycles. The van der Waals surface area contributed by atoms with Gasteiger partial charge in [-0.3, -0.25) is 0 Å². The summed E-state index contributed by atoms with van der Waals surface area (Å²) in [7, 11) is -3.91. The van der Waals surface area contributed by atoms with Crippen LogP contribution in [0.5, 0.6) is 0 Å². The highest BCUT2D eigenvalue weighted by Gasteiger charge is 2.12. The number of rotatable bonds is 5. The van der Waals surface area contributed by atoms with Crippen LogP contribution in [0.25, 0.3) is 0 Å². The third-order valence-electron chi connectivity index (χ3n) is 3.33. The molecule has 7 heteroatoms. The van der Waals surface area contributed by atoms with E-state index in [1.54, 1.807) is 36.5 Å². The van der Waals surface area contributed by atoms with E-state index in [4.69, 9.17) is 0 Å². The van der Waals surface area contributed by atoms with Crippen molar-refractivity contribution in [3.05, 3.63) is 84.3 Å². The molecular weight excluding hydrogens is 341 g/mol. The second-order valence-corrected chi connectivity index (χ2v) is 6.73. The fourth-order valence-corrected chi connectivity index (χ4v) is 2.92. The van der Waals surface area contributed by atoms with Gasteiger partial charge in [0.1, 0.15) is 11.6 Å². The Morgan fingerprint density at radius 3 is 2.36 bits per heavy atom. The van der Waals surface area contributed by atoms with Crippen molar-refractivity contribution in [1.82, 2.24) is 4.98 Å². The maximum atomic E-state index is 13.5. The Balaban J connectivity index is 1.78. The number of hydrogen-bond donors (Lipinski definition) is 1. The lowest BCUT2D eigenvalue weighted by molar-refractivity contribution is 0.598. The monoisotopic (exact) mass is 355 g/mol. The predicted molar refractivity (Wildman–Crippen MR) is 95.1 cm³/mol. The fourth-order valence-electron chi connectivity index (χ4n) is 2.06. The smallest absolute Gasteiger partial charge is 0.282 e. The molecule has 0 radical (unpaired) electrons. The predicted octanol–water partition coefficient (Wildman–Crippen LogP) is 3.77. The summed E-state index contributed by atoms with van der Waals surface area (Å²) < 4.78 is 41.5. The van der Waals surface area contributed by atoms with Gasteiger partial charge in [0.15, 0.2) is 0 Å². The fraction of sp³-hybridized carbons (Fsp3) is 0. The third kappa shape index (κ3) is 4.27. The van der Waals surface area contributed by atoms with E-state index in [0.29, 0.717) is 11.5 Å². The van der Waals surface area contributed by atoms with Gasteiger partial charge in [-0.25, -0.2) is 9.37 Å². The summed E-state index contributed by atoms with van der Waals surface area (Å²) in [4.78, 5) is 4.15. The van der Waals surface area contributed by atoms with Crippen LogP contribution in [0.15, 0.2) is 82.2 Å². The molecule has 0 saturated heterocycles. The summed E-state index contributed by atoms with van der Waals surface area (Å²) in [5, 5.41) is 3.05. The molecule has 1 aromatic heterocycles. The summed E-state index contributed by atoms with van der Waals surface area (Å²) in [6, 6.07) is 17.3. The van der Waals surface area contributed by atoms with E-state index in [1.807, 2.05) is 6.07 Å². The van der Waals surface area contributed by atoms with Crippen molar-refractivity contribution in [1.29, 1.82) is 0 Å². The van der Waals surface area contributed by atoms with Crippen LogP contribution in [0, 0.1) is 5.82 Å². The first-order valence-electron chi connectivity index (χ1n) is 7.38. The van der Waals surface area contributed by atoms with Crippen LogP contribution in [0.4, 0.5) is 15.9 Å². The molecule has 0 aliphatic heterocycles. The first kappa shape index (κ1) is 16.8. The normalized spacial score (nSPS) is 11.6. The second kappa shape index (κ2) is 7.23. The molecule has 3 rings (SSSR count). The highest BCUT2D eigenvalue weighted by Crippen LogP contribution is 2.19. The summed E-state index contributed by atoms with van der Waals surface area (Å²) in [5.74, 6) is 0.118. The van der Waals surface area contributed by atoms with Crippen molar-refractivity contribution < 1.29 is 12.8 Å². The van der Waals surface area contributed by atoms with Crippen LogP contribution in [0.3, 0.4) is 0 Å². The minimum atomic E-state index is -3.91. The zero-order valence-corrected chi connectivity index (χ0v) is 13.8. The third-order valence-corrected chi connectivity index (χ3v) is 4.58. The van der Waals surface area contributed by atoms with Gasteiger partial charge in [-0.15, -0.1) is 0 Å². The van der Waals surface area contributed by atoms with Gasteiger partial charge < -0.3 is 5.32 Å². The number of nitrogens with zero attached hydrogens (tertiary/aromatic N) is 2. The summed E-state index contributed by atoms with van der Waals surface area (Å²) >= 11 is 0. The number of anilines is 2. The van der Waals surface area contributed by atoms with E-state index in [2.05, 4.69) is 14.7 Å². The molecule has 5 nitrogen and oxygen atoms in total. The molecule has 0 spiro atoms. The number of benzene rings is 2. The zero-order chi connectivity index (χ0) is 17.7. The minimum absolute atomic E-state index is 0.0201. The first-order valence-corrected chi connectivity index (χ1v) is 8.82. The molecule has 3 aromatic rings. The standard InChI is InChI=1S/C18H14FN3O2S/c19-17-6-2-1-5-14(17)13-21-25(23,24)16-10-8-15(9-11-16)22-18-7-3-4-12-20-18/h1-13H,(H,20,22)/b21-13-. The first-order chi connectivity index (χ1) is 12.0. The van der Waals surface area contributed by atoms with Crippen LogP contribution < -0.4 is 5.32 Å². The lowest BCUT2D eigenvalue weighted by atomic mass is 10.2. The van der Waals surface area contributed by atoms with E-state index in [-0.39, 0.29) is 10.5 Å². The van der Waals surface area contributed by atoms with Crippen molar-refractivity contribution >= 4 is 27.7 Å². The van der Waals surface area contributed by atoms with Crippen molar-refractivity contribution in [2.45, 2.75) is 4.90 Å². The summed E-state index contributed by atoms with van der Waals surface area (Å²) in [5.41, 5.74) is 0.801. The van der Waals surface area contributed by atoms with E-state index in [1.165, 1.54) is 30.3 Å². The lowest BCUT2D eigenvalue weighted by Crippen LogP contribution is -1.99. The van der Waals surface area contributed by atoms with E-state index in [0.717, 1.165) is 6.21 Å². The number of nitrogens with one attached hydrogen (secondary N) is 1. The molecule has 0 atom stereocenters. The number of hydrogen-bond acceptors (Lipinski definition) is 4. The van der Waals surface area contributed by atoms with Gasteiger partial charge in [-0.05, 0) is 42.5 Å². The molecular formula is C18H14FN3O2S. The average Bonchev–Trinajstić information content (AvgIpc) is 2.62. The topological polar surface area (TPSA) is 71.4 Å². The van der Waals surface area contributed by atoms with Crippen LogP contribution in [0.2, 0.25) is 0 Å². The summed E-state index contributed by atoms with van der Waals surface area (Å²) in [6.45, 7) is 0. The maximum absolute atomic E-state index is 13.5. The largest absolute Gasteiger partial charge is 0.340 e. The van der Waals surface area contributed by atoms with Crippen LogP contribution in [0.1, 0.15) is 5.56 Å². The molecule has 2 aromatic carbocycles. The summed E-state index contributed by atoms with van der Waals surface area (Å²) in [6.07, 6.45) is 2.66. The Kier molecular flexibility index (Phi) is 4.85. The molecule has 0 fully saturated rings. The van der Waals surface area contributed by atoms with Crippen molar-refractivity contribution in [2.24, 2.45) is 4.40 Å². The Hall–Kier alpha value is -3.06. The Morgan fingerprint density at radius 1 is 0.960 bits per heavy atom. The SMILES string of the molecule is O=S(=O)(/N=C\c1ccccc1F)c1ccc(Nc2ccccn2)cc1. The van der Waals surface area contributed by atoms with Crippen molar-refractivity contribution in [2.75, 3.05) is 5.32 Å². The minimum Gasteiger partial charge on any atom is -0.340 e. The molecule has 0 unspecified atom stereocenters. The number of pyridine rings is 1. The second-order valence-electron chi connectivity index (χ2n) is 5.10. The molecule has 0 amide bonds. The van der Waals surface area contributed by atoms with Crippen molar-refractivity contribution in [3.63, 3.8) is 0 Å². The molecule has 1 N–H and O–H groups in total. The van der Waals surface area contributed by atoms with Gasteiger partial charge in [-0.1, -0.05) is 24.3 Å². The van der Waals surface area contributed by atoms with Gasteiger partial charge in [0, 0.05) is 17.4 Å². The molecule has 0 aliphatic carbocycles. The molecule has 126 valence electrons. The molecule has 0 bridgehead atoms. The average molecular weight is 355 g/mol. The lowest BCUT2D eigenvalue weighted by Gasteiger charge is -2.06. The van der Waals surface area contributed by atoms with Crippen LogP contribution in [-0.4, -0.2) is 19.6 Å². The number of aromatic nitrogens is 1. The highest BCUT2D eigenvalue weighted by atomic mass is 32.2. The van der Waals surface area contributed by atoms with Gasteiger partial charge in [0.05, 0.1) is 11.1 Å². The van der Waals surface area contributed by atoms with Crippen molar-refractivity contribution in [3.8, 4) is 0 Å². The number of sulfonamides is 1. The van der Waals surface area contributed by atoms with Gasteiger partial charge in [0.2, 0.25) is 0 Å². The van der Waals surface area contributed by atoms with Crippen LogP contribution >= 0.6 is 0 Å². The Labute approximate surface area is 145 Å². The van der Waals surface area contributed by atoms with E-state index >= 15 is 0 Å². The number of halogens is 1. The quantitative estimate of drug-likeness (QED) is 0.707. The Bertz CT molecular complexity index is 988. The molecule has 0 aliphatic rings. The van der Waals surface area contributed by atoms with Crippen LogP contribution in [-0.2, 0) is 10.0 Å². The van der Waals surface area contributed by atoms with E-state index in [9.17, 15) is 12.8 Å². The van der Waals surface area contributed by atoms with E-state index < -0.39 is 15.8 Å². The zero-order valence-electron chi connectivity index (χ0n) is 13.0. The molecule has 0 saturated carbocycles. The highest BCUT2D eigenvalue weighted by molar-refractivity contribution is 7.90. The van der Waals surface area contributed by atoms with Gasteiger partial charge in [-0.2, -0.15) is 12.8 Å². The van der Waals surface area contributed by atoms with Gasteiger partial charge in [0.25, 0.3) is 10.0 Å². The Morgan fingerprint density at radius 2 is 1.68 bits per heavy atom.